The molecule has 2 rings (SSSR count). The molecule has 1 atom stereocenters. The van der Waals surface area contributed by atoms with E-state index in [0.717, 1.165) is 22.9 Å². The number of carbonyl (C=O) groups is 1. The maximum atomic E-state index is 11.5. The first-order valence-corrected chi connectivity index (χ1v) is 6.38. The van der Waals surface area contributed by atoms with E-state index in [1.165, 1.54) is 0 Å². The average Bonchev–Trinajstić information content (AvgIpc) is 2.44. The summed E-state index contributed by atoms with van der Waals surface area (Å²) < 4.78 is 0. The van der Waals surface area contributed by atoms with Crippen molar-refractivity contribution in [3.05, 3.63) is 42.1 Å². The van der Waals surface area contributed by atoms with E-state index >= 15 is 0 Å². The third-order valence-corrected chi connectivity index (χ3v) is 3.08. The summed E-state index contributed by atoms with van der Waals surface area (Å²) in [6.07, 6.45) is 3.23. The maximum Gasteiger partial charge on any atom is 0.220 e. The number of hydrogen-bond acceptors (Lipinski definition) is 2. The predicted octanol–water partition coefficient (Wildman–Crippen LogP) is 3.21. The summed E-state index contributed by atoms with van der Waals surface area (Å²) in [7, 11) is 0. The van der Waals surface area contributed by atoms with Crippen LogP contribution in [-0.4, -0.2) is 10.9 Å². The molecular formula is C15H18N2O. The van der Waals surface area contributed by atoms with E-state index < -0.39 is 0 Å². The molecule has 0 saturated heterocycles. The minimum atomic E-state index is 0.0505. The molecule has 94 valence electrons. The van der Waals surface area contributed by atoms with Gasteiger partial charge in [0.1, 0.15) is 0 Å². The molecule has 18 heavy (non-hydrogen) atoms. The summed E-state index contributed by atoms with van der Waals surface area (Å²) in [5.41, 5.74) is 2.05. The first-order chi connectivity index (χ1) is 8.74. The fourth-order valence-electron chi connectivity index (χ4n) is 2.00. The van der Waals surface area contributed by atoms with Crippen LogP contribution in [0.5, 0.6) is 0 Å². The Morgan fingerprint density at radius 3 is 2.83 bits per heavy atom. The smallest absolute Gasteiger partial charge is 0.220 e. The number of benzene rings is 1. The van der Waals surface area contributed by atoms with Gasteiger partial charge in [-0.3, -0.25) is 9.78 Å². The van der Waals surface area contributed by atoms with Gasteiger partial charge in [-0.25, -0.2) is 0 Å². The van der Waals surface area contributed by atoms with Crippen LogP contribution in [0.1, 0.15) is 38.3 Å². The van der Waals surface area contributed by atoms with Gasteiger partial charge in [0.25, 0.3) is 0 Å². The molecule has 0 radical (unpaired) electrons. The number of carbonyl (C=O) groups excluding carboxylic acids is 1. The van der Waals surface area contributed by atoms with Gasteiger partial charge in [-0.2, -0.15) is 0 Å². The normalized spacial score (nSPS) is 12.3. The molecular weight excluding hydrogens is 224 g/mol. The highest BCUT2D eigenvalue weighted by Crippen LogP contribution is 2.20. The van der Waals surface area contributed by atoms with Crippen LogP contribution in [0.4, 0.5) is 0 Å². The van der Waals surface area contributed by atoms with Crippen molar-refractivity contribution in [1.82, 2.24) is 10.3 Å². The third-order valence-electron chi connectivity index (χ3n) is 3.08. The van der Waals surface area contributed by atoms with Crippen LogP contribution in [-0.2, 0) is 4.79 Å². The highest BCUT2D eigenvalue weighted by molar-refractivity contribution is 5.79. The van der Waals surface area contributed by atoms with Crippen LogP contribution >= 0.6 is 0 Å². The lowest BCUT2D eigenvalue weighted by Gasteiger charge is -2.17. The Morgan fingerprint density at radius 2 is 2.11 bits per heavy atom. The molecule has 1 heterocycles. The number of fused-ring (bicyclic) bond motifs is 1. The van der Waals surface area contributed by atoms with Crippen molar-refractivity contribution in [2.75, 3.05) is 0 Å². The average molecular weight is 242 g/mol. The Balaban J connectivity index is 2.30. The van der Waals surface area contributed by atoms with Crippen molar-refractivity contribution >= 4 is 16.8 Å². The first-order valence-electron chi connectivity index (χ1n) is 6.38. The fourth-order valence-corrected chi connectivity index (χ4v) is 2.00. The molecule has 0 fully saturated rings. The highest BCUT2D eigenvalue weighted by Gasteiger charge is 2.12. The summed E-state index contributed by atoms with van der Waals surface area (Å²) >= 11 is 0. The molecule has 1 aromatic heterocycles. The van der Waals surface area contributed by atoms with E-state index in [-0.39, 0.29) is 11.9 Å². The summed E-state index contributed by atoms with van der Waals surface area (Å²) in [6, 6.07) is 10.2. The third kappa shape index (κ3) is 2.67. The van der Waals surface area contributed by atoms with Crippen molar-refractivity contribution in [2.24, 2.45) is 0 Å². The lowest BCUT2D eigenvalue weighted by molar-refractivity contribution is -0.121. The van der Waals surface area contributed by atoms with E-state index in [1.54, 1.807) is 0 Å². The van der Waals surface area contributed by atoms with Crippen LogP contribution in [0.25, 0.3) is 10.9 Å². The minimum absolute atomic E-state index is 0.0505. The van der Waals surface area contributed by atoms with Gasteiger partial charge in [-0.05, 0) is 24.1 Å². The van der Waals surface area contributed by atoms with Gasteiger partial charge < -0.3 is 5.32 Å². The van der Waals surface area contributed by atoms with Crippen LogP contribution in [0.15, 0.2) is 36.5 Å². The van der Waals surface area contributed by atoms with Crippen LogP contribution in [0.3, 0.4) is 0 Å². The number of aromatic nitrogens is 1. The van der Waals surface area contributed by atoms with Crippen molar-refractivity contribution in [3.63, 3.8) is 0 Å². The molecule has 3 nitrogen and oxygen atoms in total. The van der Waals surface area contributed by atoms with Crippen molar-refractivity contribution in [1.29, 1.82) is 0 Å². The van der Waals surface area contributed by atoms with Gasteiger partial charge in [-0.1, -0.05) is 32.0 Å². The largest absolute Gasteiger partial charge is 0.349 e. The highest BCUT2D eigenvalue weighted by atomic mass is 16.1. The van der Waals surface area contributed by atoms with Gasteiger partial charge in [0.2, 0.25) is 5.91 Å². The Morgan fingerprint density at radius 1 is 1.33 bits per heavy atom. The fraction of sp³-hybridized carbons (Fsp3) is 0.333. The Kier molecular flexibility index (Phi) is 3.92. The predicted molar refractivity (Wildman–Crippen MR) is 73.2 cm³/mol. The van der Waals surface area contributed by atoms with Gasteiger partial charge >= 0.3 is 0 Å². The molecule has 0 saturated carbocycles. The number of nitrogens with zero attached hydrogens (tertiary/aromatic N) is 1. The number of amides is 1. The quantitative estimate of drug-likeness (QED) is 0.894. The number of rotatable bonds is 4. The maximum absolute atomic E-state index is 11.5. The lowest BCUT2D eigenvalue weighted by atomic mass is 10.0. The summed E-state index contributed by atoms with van der Waals surface area (Å²) in [6.45, 7) is 3.93. The summed E-state index contributed by atoms with van der Waals surface area (Å²) in [4.78, 5) is 15.9. The molecule has 3 heteroatoms. The van der Waals surface area contributed by atoms with Crippen molar-refractivity contribution < 1.29 is 4.79 Å². The van der Waals surface area contributed by atoms with E-state index in [2.05, 4.69) is 23.3 Å². The van der Waals surface area contributed by atoms with Crippen LogP contribution in [0.2, 0.25) is 0 Å². The molecule has 1 amide bonds. The molecule has 1 unspecified atom stereocenters. The van der Waals surface area contributed by atoms with E-state index in [1.807, 2.05) is 37.4 Å². The van der Waals surface area contributed by atoms with Gasteiger partial charge in [-0.15, -0.1) is 0 Å². The van der Waals surface area contributed by atoms with Crippen LogP contribution < -0.4 is 5.32 Å². The monoisotopic (exact) mass is 242 g/mol. The Bertz CT molecular complexity index is 551. The number of hydrogen-bond donors (Lipinski definition) is 1. The zero-order valence-electron chi connectivity index (χ0n) is 10.8. The molecule has 1 aromatic carbocycles. The molecule has 0 bridgehead atoms. The van der Waals surface area contributed by atoms with E-state index in [0.29, 0.717) is 6.42 Å². The number of para-hydroxylation sites is 1. The molecule has 2 aromatic rings. The topological polar surface area (TPSA) is 42.0 Å². The lowest BCUT2D eigenvalue weighted by Crippen LogP contribution is -2.27. The summed E-state index contributed by atoms with van der Waals surface area (Å²) in [5.74, 6) is 0.0787. The first kappa shape index (κ1) is 12.6. The summed E-state index contributed by atoms with van der Waals surface area (Å²) in [5, 5.41) is 4.13. The van der Waals surface area contributed by atoms with E-state index in [4.69, 9.17) is 0 Å². The molecule has 1 N–H and O–H groups in total. The zero-order chi connectivity index (χ0) is 13.0. The van der Waals surface area contributed by atoms with Crippen LogP contribution in [0, 0.1) is 0 Å². The second-order valence-electron chi connectivity index (χ2n) is 4.34. The molecule has 0 spiro atoms. The Labute approximate surface area is 107 Å². The second-order valence-corrected chi connectivity index (χ2v) is 4.34. The number of nitrogens with one attached hydrogen (secondary N) is 1. The second kappa shape index (κ2) is 5.63. The van der Waals surface area contributed by atoms with Gasteiger partial charge in [0, 0.05) is 18.0 Å². The zero-order valence-corrected chi connectivity index (χ0v) is 10.8. The van der Waals surface area contributed by atoms with Gasteiger partial charge in [0.05, 0.1) is 11.6 Å². The molecule has 0 aliphatic rings. The molecule has 0 aliphatic heterocycles. The Hall–Kier alpha value is -1.90. The van der Waals surface area contributed by atoms with Crippen molar-refractivity contribution in [2.45, 2.75) is 32.7 Å². The minimum Gasteiger partial charge on any atom is -0.349 e. The number of pyridine rings is 1. The van der Waals surface area contributed by atoms with Gasteiger partial charge in [0.15, 0.2) is 0 Å². The standard InChI is InChI=1S/C15H18N2O/c1-3-13(17-15(18)4-2)12-9-11-7-5-6-8-14(11)16-10-12/h5-10,13H,3-4H2,1-2H3,(H,17,18). The van der Waals surface area contributed by atoms with E-state index in [9.17, 15) is 4.79 Å². The SMILES string of the molecule is CCC(=O)NC(CC)c1cnc2ccccc2c1. The molecule has 0 aliphatic carbocycles. The van der Waals surface area contributed by atoms with Crippen molar-refractivity contribution in [3.8, 4) is 0 Å².